The first kappa shape index (κ1) is 12.8. The van der Waals surface area contributed by atoms with E-state index >= 15 is 0 Å². The van der Waals surface area contributed by atoms with Crippen molar-refractivity contribution in [1.82, 2.24) is 14.8 Å². The van der Waals surface area contributed by atoms with Gasteiger partial charge in [-0.1, -0.05) is 18.2 Å². The summed E-state index contributed by atoms with van der Waals surface area (Å²) in [7, 11) is 0. The monoisotopic (exact) mass is 271 g/mol. The number of ether oxygens (including phenoxy) is 1. The Hall–Kier alpha value is -2.17. The van der Waals surface area contributed by atoms with E-state index < -0.39 is 5.41 Å². The van der Waals surface area contributed by atoms with E-state index in [1.165, 1.54) is 0 Å². The lowest BCUT2D eigenvalue weighted by molar-refractivity contribution is -0.146. The number of hydrogen-bond donors (Lipinski definition) is 0. The minimum Gasteiger partial charge on any atom is -0.465 e. The predicted molar refractivity (Wildman–Crippen MR) is 73.6 cm³/mol. The average molecular weight is 271 g/mol. The lowest BCUT2D eigenvalue weighted by atomic mass is 10.1. The SMILES string of the molecule is CCOC(=O)C1(c2nnc(C)n2-c2ccccc2)CC1. The fourth-order valence-electron chi connectivity index (χ4n) is 2.47. The van der Waals surface area contributed by atoms with Crippen molar-refractivity contribution >= 4 is 5.97 Å². The molecule has 3 rings (SSSR count). The maximum atomic E-state index is 12.2. The molecular formula is C15H17N3O2. The van der Waals surface area contributed by atoms with Gasteiger partial charge in [0, 0.05) is 5.69 Å². The van der Waals surface area contributed by atoms with Crippen LogP contribution >= 0.6 is 0 Å². The number of carbonyl (C=O) groups excluding carboxylic acids is 1. The first-order valence-electron chi connectivity index (χ1n) is 6.84. The third-order valence-electron chi connectivity index (χ3n) is 3.68. The number of hydrogen-bond acceptors (Lipinski definition) is 4. The largest absolute Gasteiger partial charge is 0.465 e. The van der Waals surface area contributed by atoms with Crippen molar-refractivity contribution < 1.29 is 9.53 Å². The van der Waals surface area contributed by atoms with Crippen LogP contribution in [0, 0.1) is 6.92 Å². The molecule has 1 saturated carbocycles. The Morgan fingerprint density at radius 2 is 2.00 bits per heavy atom. The Labute approximate surface area is 117 Å². The molecule has 20 heavy (non-hydrogen) atoms. The molecule has 1 heterocycles. The Morgan fingerprint density at radius 3 is 2.60 bits per heavy atom. The Bertz CT molecular complexity index is 630. The molecule has 0 amide bonds. The number of aromatic nitrogens is 3. The summed E-state index contributed by atoms with van der Waals surface area (Å²) in [5, 5.41) is 8.39. The zero-order chi connectivity index (χ0) is 14.2. The summed E-state index contributed by atoms with van der Waals surface area (Å²) < 4.78 is 7.15. The molecular weight excluding hydrogens is 254 g/mol. The molecule has 0 unspecified atom stereocenters. The van der Waals surface area contributed by atoms with Crippen LogP contribution in [0.5, 0.6) is 0 Å². The first-order valence-corrected chi connectivity index (χ1v) is 6.84. The zero-order valence-electron chi connectivity index (χ0n) is 11.7. The van der Waals surface area contributed by atoms with E-state index in [2.05, 4.69) is 10.2 Å². The number of rotatable bonds is 4. The molecule has 0 radical (unpaired) electrons. The van der Waals surface area contributed by atoms with Crippen LogP contribution in [0.2, 0.25) is 0 Å². The van der Waals surface area contributed by atoms with E-state index in [1.54, 1.807) is 0 Å². The van der Waals surface area contributed by atoms with Gasteiger partial charge in [0.25, 0.3) is 0 Å². The molecule has 0 bridgehead atoms. The number of para-hydroxylation sites is 1. The van der Waals surface area contributed by atoms with Crippen LogP contribution in [0.1, 0.15) is 31.4 Å². The van der Waals surface area contributed by atoms with E-state index in [9.17, 15) is 4.79 Å². The van der Waals surface area contributed by atoms with Crippen molar-refractivity contribution in [2.24, 2.45) is 0 Å². The van der Waals surface area contributed by atoms with Crippen molar-refractivity contribution in [2.75, 3.05) is 6.61 Å². The molecule has 1 aliphatic rings. The molecule has 2 aromatic rings. The van der Waals surface area contributed by atoms with Crippen LogP contribution in [0.25, 0.3) is 5.69 Å². The molecule has 0 aliphatic heterocycles. The minimum atomic E-state index is -0.604. The van der Waals surface area contributed by atoms with Crippen molar-refractivity contribution in [3.63, 3.8) is 0 Å². The number of benzene rings is 1. The second-order valence-electron chi connectivity index (χ2n) is 5.04. The zero-order valence-corrected chi connectivity index (χ0v) is 11.7. The Balaban J connectivity index is 2.06. The van der Waals surface area contributed by atoms with E-state index in [0.717, 1.165) is 24.4 Å². The highest BCUT2D eigenvalue weighted by atomic mass is 16.5. The average Bonchev–Trinajstić information content (AvgIpc) is 3.18. The van der Waals surface area contributed by atoms with E-state index in [-0.39, 0.29) is 5.97 Å². The number of esters is 1. The Morgan fingerprint density at radius 1 is 1.30 bits per heavy atom. The summed E-state index contributed by atoms with van der Waals surface area (Å²) in [5.41, 5.74) is 0.369. The molecule has 1 aliphatic carbocycles. The van der Waals surface area contributed by atoms with Gasteiger partial charge in [-0.3, -0.25) is 9.36 Å². The third kappa shape index (κ3) is 1.90. The summed E-state index contributed by atoms with van der Waals surface area (Å²) in [6.07, 6.45) is 1.55. The molecule has 0 atom stereocenters. The van der Waals surface area contributed by atoms with E-state index in [4.69, 9.17) is 4.74 Å². The molecule has 1 fully saturated rings. The normalized spacial score (nSPS) is 15.9. The van der Waals surface area contributed by atoms with Crippen LogP contribution < -0.4 is 0 Å². The fraction of sp³-hybridized carbons (Fsp3) is 0.400. The standard InChI is InChI=1S/C15H17N3O2/c1-3-20-14(19)15(9-10-15)13-17-16-11(2)18(13)12-7-5-4-6-8-12/h4-8H,3,9-10H2,1-2H3. The molecule has 104 valence electrons. The second kappa shape index (κ2) is 4.74. The van der Waals surface area contributed by atoms with Gasteiger partial charge < -0.3 is 4.74 Å². The smallest absolute Gasteiger partial charge is 0.319 e. The second-order valence-corrected chi connectivity index (χ2v) is 5.04. The molecule has 0 saturated heterocycles. The minimum absolute atomic E-state index is 0.190. The van der Waals surface area contributed by atoms with Crippen LogP contribution in [0.4, 0.5) is 0 Å². The fourth-order valence-corrected chi connectivity index (χ4v) is 2.47. The number of nitrogens with zero attached hydrogens (tertiary/aromatic N) is 3. The highest BCUT2D eigenvalue weighted by Crippen LogP contribution is 2.49. The van der Waals surface area contributed by atoms with Gasteiger partial charge in [0.2, 0.25) is 0 Å². The van der Waals surface area contributed by atoms with Gasteiger partial charge in [0.1, 0.15) is 11.2 Å². The van der Waals surface area contributed by atoms with Crippen LogP contribution in [0.15, 0.2) is 30.3 Å². The summed E-state index contributed by atoms with van der Waals surface area (Å²) in [5.74, 6) is 1.28. The topological polar surface area (TPSA) is 57.0 Å². The maximum absolute atomic E-state index is 12.2. The quantitative estimate of drug-likeness (QED) is 0.800. The number of aryl methyl sites for hydroxylation is 1. The molecule has 1 aromatic carbocycles. The van der Waals surface area contributed by atoms with Crippen molar-refractivity contribution in [2.45, 2.75) is 32.1 Å². The van der Waals surface area contributed by atoms with Crippen LogP contribution in [-0.4, -0.2) is 27.3 Å². The molecule has 1 aromatic heterocycles. The third-order valence-corrected chi connectivity index (χ3v) is 3.68. The van der Waals surface area contributed by atoms with Crippen molar-refractivity contribution in [3.05, 3.63) is 42.0 Å². The van der Waals surface area contributed by atoms with Gasteiger partial charge in [-0.05, 0) is 38.8 Å². The molecule has 5 nitrogen and oxygen atoms in total. The highest BCUT2D eigenvalue weighted by Gasteiger charge is 2.56. The highest BCUT2D eigenvalue weighted by molar-refractivity contribution is 5.85. The summed E-state index contributed by atoms with van der Waals surface area (Å²) >= 11 is 0. The molecule has 5 heteroatoms. The van der Waals surface area contributed by atoms with Gasteiger partial charge in [-0.2, -0.15) is 0 Å². The predicted octanol–water partition coefficient (Wildman–Crippen LogP) is 2.17. The van der Waals surface area contributed by atoms with Gasteiger partial charge in [-0.15, -0.1) is 10.2 Å². The van der Waals surface area contributed by atoms with Crippen LogP contribution in [0.3, 0.4) is 0 Å². The lowest BCUT2D eigenvalue weighted by Gasteiger charge is -2.15. The van der Waals surface area contributed by atoms with Crippen molar-refractivity contribution in [3.8, 4) is 5.69 Å². The van der Waals surface area contributed by atoms with Crippen molar-refractivity contribution in [1.29, 1.82) is 0 Å². The van der Waals surface area contributed by atoms with Crippen LogP contribution in [-0.2, 0) is 14.9 Å². The first-order chi connectivity index (χ1) is 9.69. The van der Waals surface area contributed by atoms with E-state index in [0.29, 0.717) is 12.4 Å². The Kier molecular flexibility index (Phi) is 3.04. The van der Waals surface area contributed by atoms with E-state index in [1.807, 2.05) is 48.7 Å². The van der Waals surface area contributed by atoms with Gasteiger partial charge in [0.15, 0.2) is 5.82 Å². The maximum Gasteiger partial charge on any atom is 0.319 e. The summed E-state index contributed by atoms with van der Waals surface area (Å²) in [6, 6.07) is 9.86. The number of carbonyl (C=O) groups is 1. The van der Waals surface area contributed by atoms with Gasteiger partial charge in [-0.25, -0.2) is 0 Å². The summed E-state index contributed by atoms with van der Waals surface area (Å²) in [6.45, 7) is 4.10. The van der Waals surface area contributed by atoms with Gasteiger partial charge in [0.05, 0.1) is 6.61 Å². The lowest BCUT2D eigenvalue weighted by Crippen LogP contribution is -2.27. The summed E-state index contributed by atoms with van der Waals surface area (Å²) in [4.78, 5) is 12.2. The molecule has 0 N–H and O–H groups in total. The van der Waals surface area contributed by atoms with Gasteiger partial charge >= 0.3 is 5.97 Å². The molecule has 0 spiro atoms.